The Morgan fingerprint density at radius 2 is 2.41 bits per heavy atom. The lowest BCUT2D eigenvalue weighted by molar-refractivity contribution is -0.136. The predicted molar refractivity (Wildman–Crippen MR) is 63.3 cm³/mol. The summed E-state index contributed by atoms with van der Waals surface area (Å²) in [6, 6.07) is 8.30. The monoisotopic (exact) mass is 233 g/mol. The second-order valence-corrected chi connectivity index (χ2v) is 4.74. The maximum absolute atomic E-state index is 10.7. The van der Waals surface area contributed by atoms with E-state index in [4.69, 9.17) is 9.84 Å². The highest BCUT2D eigenvalue weighted by Gasteiger charge is 2.38. The van der Waals surface area contributed by atoms with Crippen molar-refractivity contribution in [3.05, 3.63) is 29.8 Å². The van der Waals surface area contributed by atoms with Gasteiger partial charge < -0.3 is 14.7 Å². The SMILES string of the molecule is O=C(O)Cc1cccc(N2CC3CC2CO3)c1. The normalized spacial score (nSPS) is 26.5. The first-order chi connectivity index (χ1) is 8.22. The van der Waals surface area contributed by atoms with Crippen molar-refractivity contribution in [1.29, 1.82) is 0 Å². The van der Waals surface area contributed by atoms with Crippen LogP contribution in [0.4, 0.5) is 5.69 Å². The summed E-state index contributed by atoms with van der Waals surface area (Å²) in [6.07, 6.45) is 1.55. The molecule has 90 valence electrons. The predicted octanol–water partition coefficient (Wildman–Crippen LogP) is 1.29. The van der Waals surface area contributed by atoms with E-state index in [9.17, 15) is 4.79 Å². The molecule has 3 rings (SSSR count). The minimum atomic E-state index is -0.784. The first-order valence-electron chi connectivity index (χ1n) is 5.91. The van der Waals surface area contributed by atoms with Crippen LogP contribution in [0.3, 0.4) is 0 Å². The third-order valence-electron chi connectivity index (χ3n) is 3.50. The van der Waals surface area contributed by atoms with E-state index in [1.807, 2.05) is 24.3 Å². The summed E-state index contributed by atoms with van der Waals surface area (Å²) >= 11 is 0. The summed E-state index contributed by atoms with van der Waals surface area (Å²) in [5, 5.41) is 8.79. The molecule has 0 spiro atoms. The molecule has 0 aromatic heterocycles. The highest BCUT2D eigenvalue weighted by atomic mass is 16.5. The second kappa shape index (κ2) is 4.04. The summed E-state index contributed by atoms with van der Waals surface area (Å²) < 4.78 is 5.56. The Morgan fingerprint density at radius 3 is 3.06 bits per heavy atom. The first kappa shape index (κ1) is 10.6. The van der Waals surface area contributed by atoms with Crippen LogP contribution in [-0.2, 0) is 16.0 Å². The van der Waals surface area contributed by atoms with Crippen molar-refractivity contribution in [2.45, 2.75) is 25.0 Å². The molecule has 2 saturated heterocycles. The number of rotatable bonds is 3. The van der Waals surface area contributed by atoms with Gasteiger partial charge in [-0.15, -0.1) is 0 Å². The number of fused-ring (bicyclic) bond motifs is 2. The Kier molecular flexibility index (Phi) is 2.52. The zero-order valence-corrected chi connectivity index (χ0v) is 9.50. The molecule has 2 unspecified atom stereocenters. The summed E-state index contributed by atoms with van der Waals surface area (Å²) in [7, 11) is 0. The average molecular weight is 233 g/mol. The minimum Gasteiger partial charge on any atom is -0.481 e. The van der Waals surface area contributed by atoms with E-state index in [0.717, 1.165) is 30.8 Å². The van der Waals surface area contributed by atoms with E-state index in [1.54, 1.807) is 0 Å². The van der Waals surface area contributed by atoms with Crippen LogP contribution in [0.15, 0.2) is 24.3 Å². The van der Waals surface area contributed by atoms with Crippen molar-refractivity contribution in [2.24, 2.45) is 0 Å². The number of nitrogens with zero attached hydrogens (tertiary/aromatic N) is 1. The van der Waals surface area contributed by atoms with Gasteiger partial charge >= 0.3 is 5.97 Å². The quantitative estimate of drug-likeness (QED) is 0.854. The van der Waals surface area contributed by atoms with Gasteiger partial charge in [-0.05, 0) is 24.1 Å². The van der Waals surface area contributed by atoms with E-state index < -0.39 is 5.97 Å². The Hall–Kier alpha value is -1.55. The Labute approximate surface area is 99.8 Å². The summed E-state index contributed by atoms with van der Waals surface area (Å²) in [5.41, 5.74) is 1.98. The van der Waals surface area contributed by atoms with Crippen molar-refractivity contribution in [1.82, 2.24) is 0 Å². The van der Waals surface area contributed by atoms with Crippen LogP contribution in [0.1, 0.15) is 12.0 Å². The largest absolute Gasteiger partial charge is 0.481 e. The fraction of sp³-hybridized carbons (Fsp3) is 0.462. The molecule has 1 N–H and O–H groups in total. The lowest BCUT2D eigenvalue weighted by atomic mass is 10.1. The molecule has 2 aliphatic heterocycles. The number of carboxylic acids is 1. The molecule has 4 nitrogen and oxygen atoms in total. The molecule has 2 bridgehead atoms. The molecule has 2 fully saturated rings. The standard InChI is InChI=1S/C13H15NO3/c15-13(16)5-9-2-1-3-10(4-9)14-7-12-6-11(14)8-17-12/h1-4,11-12H,5-8H2,(H,15,16). The zero-order chi connectivity index (χ0) is 11.8. The number of carbonyl (C=O) groups is 1. The molecule has 17 heavy (non-hydrogen) atoms. The fourth-order valence-corrected chi connectivity index (χ4v) is 2.74. The summed E-state index contributed by atoms with van der Waals surface area (Å²) in [5.74, 6) is -0.784. The Balaban J connectivity index is 1.81. The molecular weight excluding hydrogens is 218 g/mol. The number of carboxylic acid groups (broad SMARTS) is 1. The molecular formula is C13H15NO3. The van der Waals surface area contributed by atoms with Crippen molar-refractivity contribution >= 4 is 11.7 Å². The van der Waals surface area contributed by atoms with Crippen molar-refractivity contribution in [3.63, 3.8) is 0 Å². The number of benzene rings is 1. The summed E-state index contributed by atoms with van der Waals surface area (Å²) in [6.45, 7) is 1.73. The fourth-order valence-electron chi connectivity index (χ4n) is 2.74. The van der Waals surface area contributed by atoms with Gasteiger partial charge in [-0.1, -0.05) is 12.1 Å². The number of hydrogen-bond donors (Lipinski definition) is 1. The third-order valence-corrected chi connectivity index (χ3v) is 3.50. The van der Waals surface area contributed by atoms with E-state index in [1.165, 1.54) is 0 Å². The van der Waals surface area contributed by atoms with Crippen LogP contribution in [0.5, 0.6) is 0 Å². The molecule has 2 heterocycles. The number of anilines is 1. The zero-order valence-electron chi connectivity index (χ0n) is 9.50. The third kappa shape index (κ3) is 2.00. The van der Waals surface area contributed by atoms with Crippen LogP contribution >= 0.6 is 0 Å². The molecule has 0 amide bonds. The Bertz CT molecular complexity index is 446. The second-order valence-electron chi connectivity index (χ2n) is 4.74. The van der Waals surface area contributed by atoms with Crippen molar-refractivity contribution < 1.29 is 14.6 Å². The van der Waals surface area contributed by atoms with E-state index in [0.29, 0.717) is 12.1 Å². The smallest absolute Gasteiger partial charge is 0.307 e. The molecule has 2 aliphatic rings. The van der Waals surface area contributed by atoms with Gasteiger partial charge in [0.15, 0.2) is 0 Å². The van der Waals surface area contributed by atoms with Gasteiger partial charge in [0.05, 0.1) is 25.2 Å². The van der Waals surface area contributed by atoms with Crippen LogP contribution in [0.2, 0.25) is 0 Å². The number of hydrogen-bond acceptors (Lipinski definition) is 3. The van der Waals surface area contributed by atoms with Gasteiger partial charge in [0.1, 0.15) is 0 Å². The maximum atomic E-state index is 10.7. The molecule has 0 saturated carbocycles. The van der Waals surface area contributed by atoms with Gasteiger partial charge in [0, 0.05) is 12.2 Å². The van der Waals surface area contributed by atoms with Crippen LogP contribution in [0.25, 0.3) is 0 Å². The Morgan fingerprint density at radius 1 is 1.53 bits per heavy atom. The molecule has 2 atom stereocenters. The van der Waals surface area contributed by atoms with Crippen LogP contribution in [-0.4, -0.2) is 36.4 Å². The molecule has 0 radical (unpaired) electrons. The molecule has 4 heteroatoms. The first-order valence-corrected chi connectivity index (χ1v) is 5.91. The molecule has 0 aliphatic carbocycles. The van der Waals surface area contributed by atoms with Gasteiger partial charge in [-0.25, -0.2) is 0 Å². The molecule has 1 aromatic rings. The van der Waals surface area contributed by atoms with E-state index in [-0.39, 0.29) is 6.42 Å². The van der Waals surface area contributed by atoms with Gasteiger partial charge in [-0.2, -0.15) is 0 Å². The number of ether oxygens (including phenoxy) is 1. The van der Waals surface area contributed by atoms with Crippen LogP contribution in [0, 0.1) is 0 Å². The van der Waals surface area contributed by atoms with Gasteiger partial charge in [0.25, 0.3) is 0 Å². The lowest BCUT2D eigenvalue weighted by Crippen LogP contribution is -2.36. The van der Waals surface area contributed by atoms with Gasteiger partial charge in [0.2, 0.25) is 0 Å². The average Bonchev–Trinajstić information content (AvgIpc) is 2.90. The minimum absolute atomic E-state index is 0.0896. The van der Waals surface area contributed by atoms with Crippen molar-refractivity contribution in [2.75, 3.05) is 18.1 Å². The molecule has 1 aromatic carbocycles. The highest BCUT2D eigenvalue weighted by molar-refractivity contribution is 5.71. The van der Waals surface area contributed by atoms with Crippen molar-refractivity contribution in [3.8, 4) is 0 Å². The summed E-state index contributed by atoms with van der Waals surface area (Å²) in [4.78, 5) is 13.0. The lowest BCUT2D eigenvalue weighted by Gasteiger charge is -2.29. The number of morpholine rings is 1. The number of aliphatic carboxylic acids is 1. The van der Waals surface area contributed by atoms with E-state index >= 15 is 0 Å². The maximum Gasteiger partial charge on any atom is 0.307 e. The van der Waals surface area contributed by atoms with Crippen LogP contribution < -0.4 is 4.90 Å². The van der Waals surface area contributed by atoms with E-state index in [2.05, 4.69) is 4.90 Å². The van der Waals surface area contributed by atoms with Gasteiger partial charge in [-0.3, -0.25) is 4.79 Å². The topological polar surface area (TPSA) is 49.8 Å². The highest BCUT2D eigenvalue weighted by Crippen LogP contribution is 2.32.